The van der Waals surface area contributed by atoms with E-state index in [1.54, 1.807) is 24.3 Å². The van der Waals surface area contributed by atoms with Crippen LogP contribution in [0.2, 0.25) is 0 Å². The normalized spacial score (nSPS) is 27.5. The maximum Gasteiger partial charge on any atom is 0.127 e. The van der Waals surface area contributed by atoms with Crippen molar-refractivity contribution in [3.8, 4) is 11.5 Å². The summed E-state index contributed by atoms with van der Waals surface area (Å²) in [7, 11) is 0. The lowest BCUT2D eigenvalue weighted by molar-refractivity contribution is 0.255. The molecule has 1 aliphatic heterocycles. The molecule has 1 aliphatic rings. The first-order valence-corrected chi connectivity index (χ1v) is 7.37. The summed E-state index contributed by atoms with van der Waals surface area (Å²) in [5.41, 5.74) is 1.09. The highest BCUT2D eigenvalue weighted by Crippen LogP contribution is 2.66. The van der Waals surface area contributed by atoms with Crippen LogP contribution in [0.5, 0.6) is 11.5 Å². The molecular weight excluding hydrogens is 264 g/mol. The Hall–Kier alpha value is -2.00. The fraction of sp³-hybridized carbons (Fsp3) is 0.333. The van der Waals surface area contributed by atoms with Crippen molar-refractivity contribution in [2.45, 2.75) is 37.9 Å². The number of hydrogen-bond acceptors (Lipinski definition) is 3. The highest BCUT2D eigenvalue weighted by molar-refractivity contribution is 5.45. The van der Waals surface area contributed by atoms with Crippen LogP contribution in [0.4, 0.5) is 0 Å². The molecule has 0 radical (unpaired) electrons. The number of epoxide rings is 1. The van der Waals surface area contributed by atoms with Gasteiger partial charge in [0, 0.05) is 0 Å². The molecule has 1 heterocycles. The second-order valence-electron chi connectivity index (χ2n) is 5.56. The number of hydrogen-bond donors (Lipinski definition) is 2. The molecule has 2 N–H and O–H groups in total. The summed E-state index contributed by atoms with van der Waals surface area (Å²) in [6.07, 6.45) is 1.61. The van der Waals surface area contributed by atoms with Gasteiger partial charge in [-0.25, -0.2) is 0 Å². The van der Waals surface area contributed by atoms with Crippen LogP contribution < -0.4 is 0 Å². The maximum atomic E-state index is 9.76. The Bertz CT molecular complexity index is 610. The molecule has 110 valence electrons. The third-order valence-electron chi connectivity index (χ3n) is 4.58. The van der Waals surface area contributed by atoms with Gasteiger partial charge in [-0.2, -0.15) is 0 Å². The van der Waals surface area contributed by atoms with E-state index in [0.717, 1.165) is 24.0 Å². The van der Waals surface area contributed by atoms with Crippen molar-refractivity contribution in [1.82, 2.24) is 0 Å². The Labute approximate surface area is 124 Å². The van der Waals surface area contributed by atoms with Crippen molar-refractivity contribution in [2.24, 2.45) is 0 Å². The molecule has 0 aliphatic carbocycles. The third kappa shape index (κ3) is 1.92. The first-order chi connectivity index (χ1) is 10.1. The number of ether oxygens (including phenoxy) is 1. The van der Waals surface area contributed by atoms with Crippen LogP contribution in [0.3, 0.4) is 0 Å². The number of phenols is 2. The molecule has 3 rings (SSSR count). The summed E-state index contributed by atoms with van der Waals surface area (Å²) < 4.78 is 6.25. The van der Waals surface area contributed by atoms with Gasteiger partial charge in [0.05, 0.1) is 0 Å². The van der Waals surface area contributed by atoms with Gasteiger partial charge in [0.15, 0.2) is 0 Å². The zero-order valence-corrected chi connectivity index (χ0v) is 12.3. The molecule has 0 saturated carbocycles. The molecule has 0 bridgehead atoms. The Balaban J connectivity index is 2.10. The van der Waals surface area contributed by atoms with Crippen LogP contribution in [-0.4, -0.2) is 10.2 Å². The number of aromatic hydroxyl groups is 2. The van der Waals surface area contributed by atoms with Crippen molar-refractivity contribution < 1.29 is 14.9 Å². The summed E-state index contributed by atoms with van der Waals surface area (Å²) in [5, 5.41) is 19.5. The Morgan fingerprint density at radius 2 is 1.24 bits per heavy atom. The quantitative estimate of drug-likeness (QED) is 0.833. The van der Waals surface area contributed by atoms with E-state index in [1.165, 1.54) is 0 Å². The average Bonchev–Trinajstić information content (AvgIpc) is 3.18. The van der Waals surface area contributed by atoms with Crippen molar-refractivity contribution in [1.29, 1.82) is 0 Å². The molecule has 3 heteroatoms. The minimum absolute atomic E-state index is 0.247. The summed E-state index contributed by atoms with van der Waals surface area (Å²) in [4.78, 5) is 0. The Kier molecular flexibility index (Phi) is 3.18. The number of benzene rings is 2. The smallest absolute Gasteiger partial charge is 0.127 e. The van der Waals surface area contributed by atoms with E-state index in [-0.39, 0.29) is 11.5 Å². The second-order valence-corrected chi connectivity index (χ2v) is 5.56. The predicted octanol–water partition coefficient (Wildman–Crippen LogP) is 4.04. The van der Waals surface area contributed by atoms with Crippen LogP contribution in [0.15, 0.2) is 48.5 Å². The second kappa shape index (κ2) is 4.78. The molecule has 2 aromatic carbocycles. The van der Waals surface area contributed by atoms with Crippen LogP contribution in [0, 0.1) is 0 Å². The van der Waals surface area contributed by atoms with Gasteiger partial charge in [-0.15, -0.1) is 0 Å². The van der Waals surface area contributed by atoms with E-state index in [0.29, 0.717) is 0 Å². The summed E-state index contributed by atoms with van der Waals surface area (Å²) in [6, 6.07) is 14.5. The summed E-state index contributed by atoms with van der Waals surface area (Å²) in [6.45, 7) is 4.18. The molecule has 3 nitrogen and oxygen atoms in total. The third-order valence-corrected chi connectivity index (χ3v) is 4.58. The zero-order valence-electron chi connectivity index (χ0n) is 12.3. The lowest BCUT2D eigenvalue weighted by Crippen LogP contribution is -2.21. The molecule has 0 aromatic heterocycles. The standard InChI is InChI=1S/C18H20O3/c1-3-17(13-7-5-9-15(19)11-13)18(4-2,21-17)14-8-6-10-16(20)12-14/h5-12,19-20H,3-4H2,1-2H3. The fourth-order valence-corrected chi connectivity index (χ4v) is 3.49. The zero-order chi connectivity index (χ0) is 15.1. The maximum absolute atomic E-state index is 9.76. The number of phenolic OH excluding ortho intramolecular Hbond substituents is 2. The molecule has 2 unspecified atom stereocenters. The molecule has 2 aromatic rings. The van der Waals surface area contributed by atoms with Crippen molar-refractivity contribution in [3.63, 3.8) is 0 Å². The summed E-state index contributed by atoms with van der Waals surface area (Å²) >= 11 is 0. The van der Waals surface area contributed by atoms with Gasteiger partial charge in [0.1, 0.15) is 22.7 Å². The molecule has 1 saturated heterocycles. The van der Waals surface area contributed by atoms with E-state index < -0.39 is 11.2 Å². The topological polar surface area (TPSA) is 53.0 Å². The molecule has 0 amide bonds. The van der Waals surface area contributed by atoms with Crippen molar-refractivity contribution >= 4 is 0 Å². The van der Waals surface area contributed by atoms with Gasteiger partial charge in [-0.3, -0.25) is 0 Å². The lowest BCUT2D eigenvalue weighted by atomic mass is 9.78. The van der Waals surface area contributed by atoms with Gasteiger partial charge < -0.3 is 14.9 Å². The van der Waals surface area contributed by atoms with E-state index in [9.17, 15) is 10.2 Å². The highest BCUT2D eigenvalue weighted by Gasteiger charge is 2.69. The highest BCUT2D eigenvalue weighted by atomic mass is 16.6. The largest absolute Gasteiger partial charge is 0.508 e. The van der Waals surface area contributed by atoms with Crippen LogP contribution >= 0.6 is 0 Å². The Morgan fingerprint density at radius 3 is 1.57 bits per heavy atom. The predicted molar refractivity (Wildman–Crippen MR) is 81.2 cm³/mol. The van der Waals surface area contributed by atoms with Gasteiger partial charge in [-0.05, 0) is 48.2 Å². The minimum atomic E-state index is -0.436. The van der Waals surface area contributed by atoms with E-state index in [4.69, 9.17) is 4.74 Å². The molecule has 1 fully saturated rings. The fourth-order valence-electron chi connectivity index (χ4n) is 3.49. The first kappa shape index (κ1) is 14.0. The molecule has 21 heavy (non-hydrogen) atoms. The SMILES string of the molecule is CCC1(c2cccc(O)c2)OC1(CC)c1cccc(O)c1. The van der Waals surface area contributed by atoms with E-state index in [2.05, 4.69) is 13.8 Å². The van der Waals surface area contributed by atoms with E-state index in [1.807, 2.05) is 24.3 Å². The van der Waals surface area contributed by atoms with Gasteiger partial charge in [0.2, 0.25) is 0 Å². The van der Waals surface area contributed by atoms with Crippen LogP contribution in [0.1, 0.15) is 37.8 Å². The van der Waals surface area contributed by atoms with Gasteiger partial charge in [0.25, 0.3) is 0 Å². The Morgan fingerprint density at radius 1 is 0.810 bits per heavy atom. The lowest BCUT2D eigenvalue weighted by Gasteiger charge is -2.19. The first-order valence-electron chi connectivity index (χ1n) is 7.37. The summed E-state index contributed by atoms with van der Waals surface area (Å²) in [5.74, 6) is 0.494. The van der Waals surface area contributed by atoms with E-state index >= 15 is 0 Å². The van der Waals surface area contributed by atoms with Gasteiger partial charge in [-0.1, -0.05) is 38.1 Å². The number of rotatable bonds is 4. The average molecular weight is 284 g/mol. The van der Waals surface area contributed by atoms with Crippen molar-refractivity contribution in [3.05, 3.63) is 59.7 Å². The molecule has 2 atom stereocenters. The minimum Gasteiger partial charge on any atom is -0.508 e. The van der Waals surface area contributed by atoms with Crippen LogP contribution in [0.25, 0.3) is 0 Å². The monoisotopic (exact) mass is 284 g/mol. The molecular formula is C18H20O3. The van der Waals surface area contributed by atoms with Crippen molar-refractivity contribution in [2.75, 3.05) is 0 Å². The van der Waals surface area contributed by atoms with Crippen LogP contribution in [-0.2, 0) is 15.9 Å². The van der Waals surface area contributed by atoms with Gasteiger partial charge >= 0.3 is 0 Å². The molecule has 0 spiro atoms.